The normalized spacial score (nSPS) is 20.1. The van der Waals surface area contributed by atoms with Crippen LogP contribution in [0.3, 0.4) is 0 Å². The molecule has 0 spiro atoms. The van der Waals surface area contributed by atoms with Crippen LogP contribution in [0.2, 0.25) is 0 Å². The highest BCUT2D eigenvalue weighted by molar-refractivity contribution is 5.93. The van der Waals surface area contributed by atoms with E-state index in [0.717, 1.165) is 61.1 Å². The highest BCUT2D eigenvalue weighted by atomic mass is 16.3. The number of aromatic nitrogens is 4. The summed E-state index contributed by atoms with van der Waals surface area (Å²) in [5, 5.41) is 17.4. The minimum absolute atomic E-state index is 0.161. The lowest BCUT2D eigenvalue weighted by Crippen LogP contribution is -2.28. The molecule has 1 aliphatic rings. The van der Waals surface area contributed by atoms with E-state index < -0.39 is 0 Å². The molecule has 4 rings (SSSR count). The van der Waals surface area contributed by atoms with E-state index in [9.17, 15) is 5.11 Å². The van der Waals surface area contributed by atoms with Gasteiger partial charge in [0.1, 0.15) is 5.65 Å². The van der Waals surface area contributed by atoms with Gasteiger partial charge in [-0.2, -0.15) is 0 Å². The molecule has 0 bridgehead atoms. The van der Waals surface area contributed by atoms with E-state index in [1.54, 1.807) is 6.20 Å². The molecule has 7 heteroatoms. The van der Waals surface area contributed by atoms with E-state index in [1.165, 1.54) is 0 Å². The fourth-order valence-electron chi connectivity index (χ4n) is 3.71. The summed E-state index contributed by atoms with van der Waals surface area (Å²) in [4.78, 5) is 13.7. The van der Waals surface area contributed by atoms with E-state index in [0.29, 0.717) is 12.0 Å². The van der Waals surface area contributed by atoms with Gasteiger partial charge >= 0.3 is 0 Å². The second-order valence-electron chi connectivity index (χ2n) is 7.13. The van der Waals surface area contributed by atoms with Crippen LogP contribution in [0.5, 0.6) is 0 Å². The van der Waals surface area contributed by atoms with Crippen molar-refractivity contribution in [3.8, 4) is 11.3 Å². The van der Waals surface area contributed by atoms with Crippen LogP contribution in [0.15, 0.2) is 36.8 Å². The zero-order valence-corrected chi connectivity index (χ0v) is 15.6. The van der Waals surface area contributed by atoms with Gasteiger partial charge in [0.25, 0.3) is 0 Å². The van der Waals surface area contributed by atoms with Gasteiger partial charge in [0.2, 0.25) is 5.95 Å². The molecule has 1 fully saturated rings. The topological polar surface area (TPSA) is 87.9 Å². The number of aliphatic hydroxyl groups is 1. The van der Waals surface area contributed by atoms with Gasteiger partial charge in [-0.3, -0.25) is 0 Å². The molecule has 7 nitrogen and oxygen atoms in total. The van der Waals surface area contributed by atoms with Crippen molar-refractivity contribution in [2.75, 3.05) is 18.9 Å². The average Bonchev–Trinajstić information content (AvgIpc) is 3.07. The fraction of sp³-hybridized carbons (Fsp3) is 0.450. The molecule has 0 saturated heterocycles. The Hall–Kier alpha value is -2.51. The van der Waals surface area contributed by atoms with Crippen LogP contribution in [0, 0.1) is 0 Å². The molecule has 0 aliphatic heterocycles. The standard InChI is InChI=1S/C20H26N6O/c1-21-11-12-26-13-17(16-3-2-9-22-19(16)26)18-8-10-23-20(25-18)24-14-4-6-15(27)7-5-14/h2-3,8-10,13-15,21,27H,4-7,11-12H2,1H3,(H,23,24,25). The number of nitrogens with one attached hydrogen (secondary N) is 2. The molecule has 0 aromatic carbocycles. The van der Waals surface area contributed by atoms with Gasteiger partial charge in [0.15, 0.2) is 0 Å². The number of aliphatic hydroxyl groups excluding tert-OH is 1. The van der Waals surface area contributed by atoms with Gasteiger partial charge in [0, 0.05) is 48.7 Å². The monoisotopic (exact) mass is 366 g/mol. The average molecular weight is 366 g/mol. The molecule has 0 unspecified atom stereocenters. The summed E-state index contributed by atoms with van der Waals surface area (Å²) in [6, 6.07) is 6.31. The highest BCUT2D eigenvalue weighted by Gasteiger charge is 2.20. The van der Waals surface area contributed by atoms with Crippen molar-refractivity contribution in [1.29, 1.82) is 0 Å². The summed E-state index contributed by atoms with van der Waals surface area (Å²) < 4.78 is 2.17. The number of pyridine rings is 1. The zero-order chi connectivity index (χ0) is 18.6. The maximum atomic E-state index is 9.68. The van der Waals surface area contributed by atoms with E-state index in [1.807, 2.05) is 25.4 Å². The van der Waals surface area contributed by atoms with Crippen LogP contribution >= 0.6 is 0 Å². The van der Waals surface area contributed by atoms with E-state index in [-0.39, 0.29) is 6.10 Å². The number of hydrogen-bond donors (Lipinski definition) is 3. The van der Waals surface area contributed by atoms with Crippen molar-refractivity contribution in [2.45, 2.75) is 44.4 Å². The minimum atomic E-state index is -0.161. The summed E-state index contributed by atoms with van der Waals surface area (Å²) >= 11 is 0. The van der Waals surface area contributed by atoms with Crippen LogP contribution in [0.1, 0.15) is 25.7 Å². The molecule has 0 radical (unpaired) electrons. The quantitative estimate of drug-likeness (QED) is 0.621. The Balaban J connectivity index is 1.62. The molecule has 3 N–H and O–H groups in total. The molecule has 3 aromatic rings. The first-order chi connectivity index (χ1) is 13.2. The first-order valence-electron chi connectivity index (χ1n) is 9.61. The number of fused-ring (bicyclic) bond motifs is 1. The molecule has 27 heavy (non-hydrogen) atoms. The summed E-state index contributed by atoms with van der Waals surface area (Å²) in [5.41, 5.74) is 2.93. The van der Waals surface area contributed by atoms with Gasteiger partial charge in [-0.05, 0) is 50.9 Å². The third-order valence-corrected chi connectivity index (χ3v) is 5.20. The maximum absolute atomic E-state index is 9.68. The highest BCUT2D eigenvalue weighted by Crippen LogP contribution is 2.29. The zero-order valence-electron chi connectivity index (χ0n) is 15.6. The molecule has 3 heterocycles. The smallest absolute Gasteiger partial charge is 0.223 e. The predicted molar refractivity (Wildman–Crippen MR) is 107 cm³/mol. The Bertz CT molecular complexity index is 900. The number of hydrogen-bond acceptors (Lipinski definition) is 6. The lowest BCUT2D eigenvalue weighted by molar-refractivity contribution is 0.126. The Morgan fingerprint density at radius 3 is 2.81 bits per heavy atom. The van der Waals surface area contributed by atoms with Gasteiger partial charge in [-0.15, -0.1) is 0 Å². The number of likely N-dealkylation sites (N-methyl/N-ethyl adjacent to an activating group) is 1. The van der Waals surface area contributed by atoms with Crippen LogP contribution in [-0.2, 0) is 6.54 Å². The van der Waals surface area contributed by atoms with Gasteiger partial charge < -0.3 is 20.3 Å². The van der Waals surface area contributed by atoms with E-state index >= 15 is 0 Å². The van der Waals surface area contributed by atoms with Crippen molar-refractivity contribution in [3.63, 3.8) is 0 Å². The van der Waals surface area contributed by atoms with Crippen LogP contribution in [-0.4, -0.2) is 50.4 Å². The number of nitrogens with zero attached hydrogens (tertiary/aromatic N) is 4. The summed E-state index contributed by atoms with van der Waals surface area (Å²) in [6.45, 7) is 1.73. The van der Waals surface area contributed by atoms with Gasteiger partial charge in [-0.25, -0.2) is 15.0 Å². The third-order valence-electron chi connectivity index (χ3n) is 5.20. The summed E-state index contributed by atoms with van der Waals surface area (Å²) in [5.74, 6) is 0.647. The van der Waals surface area contributed by atoms with Crippen LogP contribution in [0.25, 0.3) is 22.3 Å². The maximum Gasteiger partial charge on any atom is 0.223 e. The molecular weight excluding hydrogens is 340 g/mol. The van der Waals surface area contributed by atoms with Crippen molar-refractivity contribution < 1.29 is 5.11 Å². The van der Waals surface area contributed by atoms with E-state index in [2.05, 4.69) is 37.4 Å². The predicted octanol–water partition coefficient (Wildman–Crippen LogP) is 2.43. The molecule has 142 valence electrons. The molecule has 1 aliphatic carbocycles. The van der Waals surface area contributed by atoms with E-state index in [4.69, 9.17) is 4.98 Å². The van der Waals surface area contributed by atoms with Crippen molar-refractivity contribution in [3.05, 3.63) is 36.8 Å². The lowest BCUT2D eigenvalue weighted by atomic mass is 9.93. The van der Waals surface area contributed by atoms with Crippen molar-refractivity contribution >= 4 is 17.0 Å². The van der Waals surface area contributed by atoms with Crippen LogP contribution < -0.4 is 10.6 Å². The Labute approximate surface area is 158 Å². The first-order valence-corrected chi connectivity index (χ1v) is 9.61. The molecule has 1 saturated carbocycles. The first kappa shape index (κ1) is 17.9. The summed E-state index contributed by atoms with van der Waals surface area (Å²) in [7, 11) is 1.95. The van der Waals surface area contributed by atoms with Crippen molar-refractivity contribution in [2.24, 2.45) is 0 Å². The molecule has 0 atom stereocenters. The fourth-order valence-corrected chi connectivity index (χ4v) is 3.71. The number of anilines is 1. The number of rotatable bonds is 6. The van der Waals surface area contributed by atoms with Crippen LogP contribution in [0.4, 0.5) is 5.95 Å². The Kier molecular flexibility index (Phi) is 5.31. The van der Waals surface area contributed by atoms with Crippen molar-refractivity contribution in [1.82, 2.24) is 24.8 Å². The lowest BCUT2D eigenvalue weighted by Gasteiger charge is -2.26. The largest absolute Gasteiger partial charge is 0.393 e. The Morgan fingerprint density at radius 2 is 2.00 bits per heavy atom. The second kappa shape index (κ2) is 8.02. The summed E-state index contributed by atoms with van der Waals surface area (Å²) in [6.07, 6.45) is 9.15. The molecule has 0 amide bonds. The van der Waals surface area contributed by atoms with Gasteiger partial charge in [0.05, 0.1) is 11.8 Å². The second-order valence-corrected chi connectivity index (χ2v) is 7.13. The molecular formula is C20H26N6O. The van der Waals surface area contributed by atoms with Gasteiger partial charge in [-0.1, -0.05) is 0 Å². The SMILES string of the molecule is CNCCn1cc(-c2ccnc(NC3CCC(O)CC3)n2)c2cccnc21. The third kappa shape index (κ3) is 3.94. The molecule has 3 aromatic heterocycles. The minimum Gasteiger partial charge on any atom is -0.393 e. The Morgan fingerprint density at radius 1 is 1.15 bits per heavy atom.